The largest absolute Gasteiger partial charge is 0.450 e. The van der Waals surface area contributed by atoms with Crippen LogP contribution < -0.4 is 10.6 Å². The van der Waals surface area contributed by atoms with Gasteiger partial charge in [-0.25, -0.2) is 14.0 Å². The van der Waals surface area contributed by atoms with Crippen LogP contribution in [-0.2, 0) is 4.74 Å². The van der Waals surface area contributed by atoms with E-state index in [2.05, 4.69) is 10.6 Å². The van der Waals surface area contributed by atoms with Crippen LogP contribution in [0.5, 0.6) is 0 Å². The van der Waals surface area contributed by atoms with E-state index in [9.17, 15) is 14.0 Å². The highest BCUT2D eigenvalue weighted by atomic mass is 19.1. The van der Waals surface area contributed by atoms with Crippen molar-refractivity contribution in [1.29, 1.82) is 0 Å². The summed E-state index contributed by atoms with van der Waals surface area (Å²) < 4.78 is 17.7. The number of likely N-dealkylation sites (tertiary alicyclic amines) is 1. The number of halogens is 1. The van der Waals surface area contributed by atoms with Crippen molar-refractivity contribution < 1.29 is 18.7 Å². The van der Waals surface area contributed by atoms with Gasteiger partial charge < -0.3 is 20.3 Å². The molecule has 0 bridgehead atoms. The molecule has 6 nitrogen and oxygen atoms in total. The normalized spacial score (nSPS) is 15.3. The van der Waals surface area contributed by atoms with Crippen LogP contribution in [0.25, 0.3) is 6.08 Å². The lowest BCUT2D eigenvalue weighted by Gasteiger charge is -2.31. The quantitative estimate of drug-likeness (QED) is 0.889. The van der Waals surface area contributed by atoms with E-state index in [0.717, 1.165) is 5.56 Å². The minimum absolute atomic E-state index is 0.0231. The van der Waals surface area contributed by atoms with Crippen molar-refractivity contribution in [1.82, 2.24) is 15.5 Å². The molecule has 1 saturated heterocycles. The fourth-order valence-corrected chi connectivity index (χ4v) is 2.44. The van der Waals surface area contributed by atoms with E-state index in [4.69, 9.17) is 4.74 Å². The van der Waals surface area contributed by atoms with E-state index in [-0.39, 0.29) is 24.0 Å². The van der Waals surface area contributed by atoms with Crippen LogP contribution in [0.4, 0.5) is 14.0 Å². The Hall–Kier alpha value is -2.57. The molecular formula is C17H22FN3O3. The molecular weight excluding hydrogens is 313 g/mol. The maximum atomic E-state index is 12.8. The van der Waals surface area contributed by atoms with Crippen LogP contribution in [-0.4, -0.2) is 42.8 Å². The summed E-state index contributed by atoms with van der Waals surface area (Å²) in [5.41, 5.74) is 0.791. The third-order valence-electron chi connectivity index (χ3n) is 3.72. The highest BCUT2D eigenvalue weighted by Gasteiger charge is 2.24. The lowest BCUT2D eigenvalue weighted by Crippen LogP contribution is -2.48. The molecule has 1 aliphatic heterocycles. The Morgan fingerprint density at radius 1 is 1.29 bits per heavy atom. The van der Waals surface area contributed by atoms with Crippen LogP contribution in [0.1, 0.15) is 25.3 Å². The van der Waals surface area contributed by atoms with E-state index >= 15 is 0 Å². The first-order valence-electron chi connectivity index (χ1n) is 7.99. The lowest BCUT2D eigenvalue weighted by molar-refractivity contribution is 0.0958. The molecule has 0 radical (unpaired) electrons. The molecule has 0 aromatic heterocycles. The monoisotopic (exact) mass is 335 g/mol. The molecule has 1 heterocycles. The number of nitrogens with zero attached hydrogens (tertiary/aromatic N) is 1. The molecule has 0 unspecified atom stereocenters. The number of benzene rings is 1. The summed E-state index contributed by atoms with van der Waals surface area (Å²) in [6.45, 7) is 3.26. The predicted molar refractivity (Wildman–Crippen MR) is 88.7 cm³/mol. The molecule has 2 N–H and O–H groups in total. The van der Waals surface area contributed by atoms with Gasteiger partial charge in [-0.15, -0.1) is 0 Å². The van der Waals surface area contributed by atoms with Gasteiger partial charge >= 0.3 is 12.1 Å². The second kappa shape index (κ2) is 8.90. The Morgan fingerprint density at radius 3 is 2.58 bits per heavy atom. The molecule has 1 aromatic rings. The number of carbonyl (C=O) groups is 2. The van der Waals surface area contributed by atoms with E-state index in [0.29, 0.717) is 32.5 Å². The molecule has 1 fully saturated rings. The van der Waals surface area contributed by atoms with Crippen LogP contribution in [0.2, 0.25) is 0 Å². The van der Waals surface area contributed by atoms with Crippen molar-refractivity contribution in [3.8, 4) is 0 Å². The van der Waals surface area contributed by atoms with Crippen molar-refractivity contribution in [2.75, 3.05) is 19.7 Å². The van der Waals surface area contributed by atoms with Crippen molar-refractivity contribution in [2.24, 2.45) is 0 Å². The average Bonchev–Trinajstić information content (AvgIpc) is 2.57. The predicted octanol–water partition coefficient (Wildman–Crippen LogP) is 2.72. The zero-order valence-corrected chi connectivity index (χ0v) is 13.6. The van der Waals surface area contributed by atoms with E-state index in [1.54, 1.807) is 30.0 Å². The smallest absolute Gasteiger partial charge is 0.409 e. The number of hydrogen-bond acceptors (Lipinski definition) is 3. The van der Waals surface area contributed by atoms with Gasteiger partial charge in [-0.1, -0.05) is 12.1 Å². The van der Waals surface area contributed by atoms with Crippen molar-refractivity contribution in [3.63, 3.8) is 0 Å². The highest BCUT2D eigenvalue weighted by molar-refractivity contribution is 5.76. The molecule has 1 aliphatic rings. The van der Waals surface area contributed by atoms with Gasteiger partial charge in [-0.05, 0) is 43.5 Å². The van der Waals surface area contributed by atoms with Crippen LogP contribution in [0.15, 0.2) is 30.5 Å². The Morgan fingerprint density at radius 2 is 1.96 bits per heavy atom. The lowest BCUT2D eigenvalue weighted by atomic mass is 10.1. The average molecular weight is 335 g/mol. The number of nitrogens with one attached hydrogen (secondary N) is 2. The molecule has 0 aliphatic carbocycles. The number of piperidine rings is 1. The molecule has 7 heteroatoms. The first-order valence-corrected chi connectivity index (χ1v) is 7.99. The number of urea groups is 1. The van der Waals surface area contributed by atoms with Crippen molar-refractivity contribution >= 4 is 18.2 Å². The fraction of sp³-hybridized carbons (Fsp3) is 0.412. The van der Waals surface area contributed by atoms with Crippen LogP contribution in [0.3, 0.4) is 0 Å². The van der Waals surface area contributed by atoms with Gasteiger partial charge in [0.1, 0.15) is 5.82 Å². The number of rotatable bonds is 4. The molecule has 24 heavy (non-hydrogen) atoms. The molecule has 0 spiro atoms. The molecule has 0 atom stereocenters. The summed E-state index contributed by atoms with van der Waals surface area (Å²) in [4.78, 5) is 25.1. The topological polar surface area (TPSA) is 70.7 Å². The summed E-state index contributed by atoms with van der Waals surface area (Å²) in [6, 6.07) is 5.68. The van der Waals surface area contributed by atoms with Crippen molar-refractivity contribution in [2.45, 2.75) is 25.8 Å². The minimum Gasteiger partial charge on any atom is -0.450 e. The maximum absolute atomic E-state index is 12.8. The second-order valence-corrected chi connectivity index (χ2v) is 5.46. The van der Waals surface area contributed by atoms with Gasteiger partial charge in [-0.2, -0.15) is 0 Å². The molecule has 1 aromatic carbocycles. The summed E-state index contributed by atoms with van der Waals surface area (Å²) >= 11 is 0. The Balaban J connectivity index is 1.70. The standard InChI is InChI=1S/C17H22FN3O3/c1-2-24-17(23)21-11-8-15(9-12-21)20-16(22)19-10-7-13-3-5-14(18)6-4-13/h3-7,10,15H,2,8-9,11-12H2,1H3,(H2,19,20,22)/b10-7+. The second-order valence-electron chi connectivity index (χ2n) is 5.46. The maximum Gasteiger partial charge on any atom is 0.409 e. The van der Waals surface area contributed by atoms with E-state index in [1.807, 2.05) is 0 Å². The molecule has 0 saturated carbocycles. The number of amides is 3. The van der Waals surface area contributed by atoms with Crippen LogP contribution >= 0.6 is 0 Å². The van der Waals surface area contributed by atoms with E-state index < -0.39 is 0 Å². The number of hydrogen-bond donors (Lipinski definition) is 2. The summed E-state index contributed by atoms with van der Waals surface area (Å²) in [7, 11) is 0. The number of carbonyl (C=O) groups excluding carboxylic acids is 2. The van der Waals surface area contributed by atoms with Gasteiger partial charge in [0.15, 0.2) is 0 Å². The van der Waals surface area contributed by atoms with Crippen molar-refractivity contribution in [3.05, 3.63) is 41.8 Å². The zero-order chi connectivity index (χ0) is 17.4. The Labute approximate surface area is 140 Å². The fourth-order valence-electron chi connectivity index (χ4n) is 2.44. The number of ether oxygens (including phenoxy) is 1. The third-order valence-corrected chi connectivity index (χ3v) is 3.72. The summed E-state index contributed by atoms with van der Waals surface area (Å²) in [5, 5.41) is 5.48. The first kappa shape index (κ1) is 17.8. The molecule has 3 amide bonds. The van der Waals surface area contributed by atoms with Gasteiger partial charge in [0.05, 0.1) is 6.61 Å². The Bertz CT molecular complexity index is 581. The van der Waals surface area contributed by atoms with Gasteiger partial charge in [0, 0.05) is 25.3 Å². The third kappa shape index (κ3) is 5.57. The molecule has 2 rings (SSSR count). The highest BCUT2D eigenvalue weighted by Crippen LogP contribution is 2.11. The zero-order valence-electron chi connectivity index (χ0n) is 13.6. The van der Waals surface area contributed by atoms with Crippen LogP contribution in [0, 0.1) is 5.82 Å². The SMILES string of the molecule is CCOC(=O)N1CCC(NC(=O)N/C=C/c2ccc(F)cc2)CC1. The minimum atomic E-state index is -0.303. The van der Waals surface area contributed by atoms with Gasteiger partial charge in [0.25, 0.3) is 0 Å². The van der Waals surface area contributed by atoms with Gasteiger partial charge in [0.2, 0.25) is 0 Å². The summed E-state index contributed by atoms with van der Waals surface area (Å²) in [6.07, 6.45) is 4.27. The van der Waals surface area contributed by atoms with E-state index in [1.165, 1.54) is 18.3 Å². The first-order chi connectivity index (χ1) is 11.6. The Kier molecular flexibility index (Phi) is 6.60. The molecule has 130 valence electrons. The summed E-state index contributed by atoms with van der Waals surface area (Å²) in [5.74, 6) is -0.299. The van der Waals surface area contributed by atoms with Gasteiger partial charge in [-0.3, -0.25) is 0 Å².